The number of amides is 1. The summed E-state index contributed by atoms with van der Waals surface area (Å²) in [6.07, 6.45) is 0.801. The highest BCUT2D eigenvalue weighted by Gasteiger charge is 2.18. The SMILES string of the molecule is COc1ccccc1CCn1c(-c2ccc(C)cc2C)cc(C(N)=O)c1C. The van der Waals surface area contributed by atoms with Crippen LogP contribution in [0.4, 0.5) is 0 Å². The van der Waals surface area contributed by atoms with Gasteiger partial charge in [0.15, 0.2) is 0 Å². The molecule has 0 unspecified atom stereocenters. The van der Waals surface area contributed by atoms with Crippen LogP contribution in [-0.2, 0) is 13.0 Å². The molecule has 0 radical (unpaired) electrons. The van der Waals surface area contributed by atoms with Gasteiger partial charge in [0.25, 0.3) is 5.91 Å². The first-order chi connectivity index (χ1) is 12.9. The van der Waals surface area contributed by atoms with Gasteiger partial charge in [0.1, 0.15) is 5.75 Å². The molecule has 1 amide bonds. The summed E-state index contributed by atoms with van der Waals surface area (Å²) in [5.74, 6) is 0.486. The fraction of sp³-hybridized carbons (Fsp3) is 0.261. The minimum Gasteiger partial charge on any atom is -0.496 e. The summed E-state index contributed by atoms with van der Waals surface area (Å²) in [6, 6.07) is 16.3. The molecule has 3 aromatic rings. The van der Waals surface area contributed by atoms with Gasteiger partial charge < -0.3 is 15.0 Å². The summed E-state index contributed by atoms with van der Waals surface area (Å²) in [5.41, 5.74) is 12.8. The summed E-state index contributed by atoms with van der Waals surface area (Å²) in [5, 5.41) is 0. The fourth-order valence-corrected chi connectivity index (χ4v) is 3.65. The summed E-state index contributed by atoms with van der Waals surface area (Å²) < 4.78 is 7.66. The van der Waals surface area contributed by atoms with Crippen molar-refractivity contribution < 1.29 is 9.53 Å². The highest BCUT2D eigenvalue weighted by atomic mass is 16.5. The van der Waals surface area contributed by atoms with E-state index in [-0.39, 0.29) is 0 Å². The first-order valence-electron chi connectivity index (χ1n) is 9.11. The smallest absolute Gasteiger partial charge is 0.250 e. The second-order valence-corrected chi connectivity index (χ2v) is 6.92. The van der Waals surface area contributed by atoms with E-state index in [1.807, 2.05) is 31.2 Å². The van der Waals surface area contributed by atoms with Crippen molar-refractivity contribution in [1.29, 1.82) is 0 Å². The monoisotopic (exact) mass is 362 g/mol. The van der Waals surface area contributed by atoms with Crippen molar-refractivity contribution in [1.82, 2.24) is 4.57 Å². The minimum atomic E-state index is -0.394. The van der Waals surface area contributed by atoms with Crippen LogP contribution in [0, 0.1) is 20.8 Å². The lowest BCUT2D eigenvalue weighted by atomic mass is 10.0. The Hall–Kier alpha value is -3.01. The summed E-state index contributed by atoms with van der Waals surface area (Å²) >= 11 is 0. The van der Waals surface area contributed by atoms with E-state index in [9.17, 15) is 4.79 Å². The molecular formula is C23H26N2O2. The predicted octanol–water partition coefficient (Wildman–Crippen LogP) is 4.43. The van der Waals surface area contributed by atoms with Crippen LogP contribution < -0.4 is 10.5 Å². The minimum absolute atomic E-state index is 0.394. The van der Waals surface area contributed by atoms with Crippen molar-refractivity contribution in [2.75, 3.05) is 7.11 Å². The highest BCUT2D eigenvalue weighted by Crippen LogP contribution is 2.30. The summed E-state index contributed by atoms with van der Waals surface area (Å²) in [4.78, 5) is 11.9. The van der Waals surface area contributed by atoms with Gasteiger partial charge >= 0.3 is 0 Å². The van der Waals surface area contributed by atoms with Crippen LogP contribution in [-0.4, -0.2) is 17.6 Å². The van der Waals surface area contributed by atoms with Crippen LogP contribution in [0.5, 0.6) is 5.75 Å². The molecule has 0 saturated heterocycles. The van der Waals surface area contributed by atoms with Gasteiger partial charge in [0.05, 0.1) is 12.7 Å². The topological polar surface area (TPSA) is 57.2 Å². The molecule has 0 spiro atoms. The first kappa shape index (κ1) is 18.8. The Morgan fingerprint density at radius 2 is 1.81 bits per heavy atom. The van der Waals surface area contributed by atoms with Crippen molar-refractivity contribution in [2.45, 2.75) is 33.7 Å². The number of hydrogen-bond donors (Lipinski definition) is 1. The van der Waals surface area contributed by atoms with Crippen molar-refractivity contribution in [3.05, 3.63) is 76.5 Å². The van der Waals surface area contributed by atoms with Crippen LogP contribution >= 0.6 is 0 Å². The van der Waals surface area contributed by atoms with Gasteiger partial charge in [-0.1, -0.05) is 42.0 Å². The molecule has 1 heterocycles. The van der Waals surface area contributed by atoms with Gasteiger partial charge in [-0.05, 0) is 50.5 Å². The zero-order valence-electron chi connectivity index (χ0n) is 16.4. The predicted molar refractivity (Wildman–Crippen MR) is 109 cm³/mol. The molecule has 1 aromatic heterocycles. The highest BCUT2D eigenvalue weighted by molar-refractivity contribution is 5.95. The number of primary amides is 1. The second kappa shape index (κ2) is 7.70. The Morgan fingerprint density at radius 3 is 2.48 bits per heavy atom. The first-order valence-corrected chi connectivity index (χ1v) is 9.11. The normalized spacial score (nSPS) is 10.8. The van der Waals surface area contributed by atoms with Crippen LogP contribution in [0.15, 0.2) is 48.5 Å². The van der Waals surface area contributed by atoms with Crippen LogP contribution in [0.1, 0.15) is 32.7 Å². The van der Waals surface area contributed by atoms with Crippen molar-refractivity contribution in [3.8, 4) is 17.0 Å². The number of aromatic nitrogens is 1. The molecule has 2 N–H and O–H groups in total. The fourth-order valence-electron chi connectivity index (χ4n) is 3.65. The van der Waals surface area contributed by atoms with Crippen molar-refractivity contribution in [3.63, 3.8) is 0 Å². The van der Waals surface area contributed by atoms with Crippen molar-refractivity contribution >= 4 is 5.91 Å². The van der Waals surface area contributed by atoms with E-state index in [2.05, 4.69) is 42.7 Å². The van der Waals surface area contributed by atoms with E-state index in [0.29, 0.717) is 5.56 Å². The van der Waals surface area contributed by atoms with Crippen molar-refractivity contribution in [2.24, 2.45) is 5.73 Å². The molecule has 0 aliphatic carbocycles. The third-order valence-corrected chi connectivity index (χ3v) is 5.09. The number of nitrogens with zero attached hydrogens (tertiary/aromatic N) is 1. The lowest BCUT2D eigenvalue weighted by Crippen LogP contribution is -2.13. The molecule has 0 saturated carbocycles. The lowest BCUT2D eigenvalue weighted by molar-refractivity contribution is 0.0999. The molecule has 2 aromatic carbocycles. The Morgan fingerprint density at radius 1 is 1.07 bits per heavy atom. The quantitative estimate of drug-likeness (QED) is 0.705. The summed E-state index contributed by atoms with van der Waals surface area (Å²) in [7, 11) is 1.69. The zero-order chi connectivity index (χ0) is 19.6. The van der Waals surface area contributed by atoms with Crippen LogP contribution in [0.25, 0.3) is 11.3 Å². The van der Waals surface area contributed by atoms with Gasteiger partial charge in [-0.25, -0.2) is 0 Å². The van der Waals surface area contributed by atoms with Gasteiger partial charge in [-0.3, -0.25) is 4.79 Å². The Labute approximate surface area is 160 Å². The lowest BCUT2D eigenvalue weighted by Gasteiger charge is -2.15. The molecular weight excluding hydrogens is 336 g/mol. The third-order valence-electron chi connectivity index (χ3n) is 5.09. The van der Waals surface area contributed by atoms with Crippen LogP contribution in [0.3, 0.4) is 0 Å². The maximum absolute atomic E-state index is 11.9. The third kappa shape index (κ3) is 3.75. The zero-order valence-corrected chi connectivity index (χ0v) is 16.4. The molecule has 4 nitrogen and oxygen atoms in total. The van der Waals surface area contributed by atoms with E-state index >= 15 is 0 Å². The molecule has 3 rings (SSSR count). The number of rotatable bonds is 6. The number of carbonyl (C=O) groups excluding carboxylic acids is 1. The molecule has 0 aliphatic heterocycles. The standard InChI is InChI=1S/C23H26N2O2/c1-15-9-10-19(16(2)13-15)21-14-20(23(24)26)17(3)25(21)12-11-18-7-5-6-8-22(18)27-4/h5-10,13-14H,11-12H2,1-4H3,(H2,24,26). The number of benzene rings is 2. The van der Waals surface area contributed by atoms with E-state index in [1.54, 1.807) is 7.11 Å². The van der Waals surface area contributed by atoms with E-state index in [1.165, 1.54) is 11.1 Å². The van der Waals surface area contributed by atoms with Gasteiger partial charge in [0.2, 0.25) is 0 Å². The number of hydrogen-bond acceptors (Lipinski definition) is 2. The molecule has 4 heteroatoms. The number of methoxy groups -OCH3 is 1. The number of ether oxygens (including phenoxy) is 1. The molecule has 27 heavy (non-hydrogen) atoms. The maximum Gasteiger partial charge on any atom is 0.250 e. The average Bonchev–Trinajstić information content (AvgIpc) is 2.96. The Bertz CT molecular complexity index is 986. The Balaban J connectivity index is 2.04. The maximum atomic E-state index is 11.9. The van der Waals surface area contributed by atoms with Crippen LogP contribution in [0.2, 0.25) is 0 Å². The molecule has 0 atom stereocenters. The largest absolute Gasteiger partial charge is 0.496 e. The molecule has 140 valence electrons. The molecule has 0 fully saturated rings. The molecule has 0 aliphatic rings. The van der Waals surface area contributed by atoms with Gasteiger partial charge in [-0.2, -0.15) is 0 Å². The van der Waals surface area contributed by atoms with E-state index < -0.39 is 5.91 Å². The Kier molecular flexibility index (Phi) is 5.36. The number of carbonyl (C=O) groups is 1. The molecule has 0 bridgehead atoms. The second-order valence-electron chi connectivity index (χ2n) is 6.92. The average molecular weight is 362 g/mol. The van der Waals surface area contributed by atoms with Gasteiger partial charge in [-0.15, -0.1) is 0 Å². The van der Waals surface area contributed by atoms with Gasteiger partial charge in [0, 0.05) is 23.5 Å². The number of aryl methyl sites for hydroxylation is 3. The van der Waals surface area contributed by atoms with E-state index in [0.717, 1.165) is 41.2 Å². The van der Waals surface area contributed by atoms with E-state index in [4.69, 9.17) is 10.5 Å². The number of nitrogens with two attached hydrogens (primary N) is 1. The summed E-state index contributed by atoms with van der Waals surface area (Å²) in [6.45, 7) is 6.87. The number of para-hydroxylation sites is 1.